The third-order valence-corrected chi connectivity index (χ3v) is 8.38. The molecule has 4 rings (SSSR count). The number of furan rings is 1. The second-order valence-electron chi connectivity index (χ2n) is 11.5. The molecule has 0 spiro atoms. The van der Waals surface area contributed by atoms with Gasteiger partial charge in [0.05, 0.1) is 48.0 Å². The minimum Gasteiger partial charge on any atom is -0.459 e. The summed E-state index contributed by atoms with van der Waals surface area (Å²) < 4.78 is 92.2. The van der Waals surface area contributed by atoms with Crippen molar-refractivity contribution in [3.63, 3.8) is 0 Å². The Labute approximate surface area is 260 Å². The predicted octanol–water partition coefficient (Wildman–Crippen LogP) is 5.90. The monoisotopic (exact) mass is 659 g/mol. The maximum Gasteiger partial charge on any atom is 0.416 e. The normalized spacial score (nSPS) is 21.8. The van der Waals surface area contributed by atoms with E-state index >= 15 is 0 Å². The van der Waals surface area contributed by atoms with Crippen LogP contribution in [0.25, 0.3) is 6.08 Å². The minimum absolute atomic E-state index is 0.0938. The lowest BCUT2D eigenvalue weighted by molar-refractivity contribution is -0.143. The predicted molar refractivity (Wildman–Crippen MR) is 153 cm³/mol. The first kappa shape index (κ1) is 35.4. The zero-order valence-electron chi connectivity index (χ0n) is 25.1. The molecule has 1 aromatic heterocycles. The molecule has 1 aromatic carbocycles. The highest BCUT2D eigenvalue weighted by atomic mass is 19.4. The van der Waals surface area contributed by atoms with E-state index in [4.69, 9.17) is 9.15 Å². The van der Waals surface area contributed by atoms with Gasteiger partial charge in [0.2, 0.25) is 11.8 Å². The van der Waals surface area contributed by atoms with Crippen molar-refractivity contribution < 1.29 is 60.4 Å². The molecule has 252 valence electrons. The largest absolute Gasteiger partial charge is 0.459 e. The van der Waals surface area contributed by atoms with Crippen LogP contribution in [0.5, 0.6) is 0 Å². The van der Waals surface area contributed by atoms with Gasteiger partial charge in [0.1, 0.15) is 18.1 Å². The molecule has 2 aliphatic rings. The van der Waals surface area contributed by atoms with Gasteiger partial charge in [0.25, 0.3) is 0 Å². The van der Waals surface area contributed by atoms with Gasteiger partial charge >= 0.3 is 12.4 Å². The summed E-state index contributed by atoms with van der Waals surface area (Å²) in [6.07, 6.45) is -8.06. The number of rotatable bonds is 12. The van der Waals surface area contributed by atoms with Gasteiger partial charge in [-0.2, -0.15) is 26.3 Å². The van der Waals surface area contributed by atoms with Crippen molar-refractivity contribution in [2.24, 2.45) is 17.8 Å². The first-order chi connectivity index (χ1) is 21.6. The van der Waals surface area contributed by atoms with E-state index in [-0.39, 0.29) is 37.7 Å². The van der Waals surface area contributed by atoms with Crippen molar-refractivity contribution in [1.82, 2.24) is 0 Å². The zero-order chi connectivity index (χ0) is 34.0. The second-order valence-corrected chi connectivity index (χ2v) is 11.5. The van der Waals surface area contributed by atoms with Crippen LogP contribution in [-0.4, -0.2) is 53.6 Å². The molecular weight excluding hydrogens is 624 g/mol. The number of nitrogens with zero attached hydrogens (tertiary/aromatic N) is 1. The van der Waals surface area contributed by atoms with E-state index in [1.807, 2.05) is 6.92 Å². The smallest absolute Gasteiger partial charge is 0.416 e. The van der Waals surface area contributed by atoms with E-state index < -0.39 is 71.4 Å². The quantitative estimate of drug-likeness (QED) is 0.148. The average molecular weight is 660 g/mol. The summed E-state index contributed by atoms with van der Waals surface area (Å²) in [7, 11) is 1.36. The highest BCUT2D eigenvalue weighted by Crippen LogP contribution is 2.48. The number of halogens is 6. The number of amides is 2. The lowest BCUT2D eigenvalue weighted by Gasteiger charge is -2.36. The molecule has 14 heteroatoms. The SMILES string of the molecule is CCC/C(=C\c1ccc(CO)o1)CC[C@@H](O)C1=C(COC)C[C@H]2C(=O)N(c3cc(C(F)(F)F)cc(C(F)(F)F)c3)C(=O)[C@H]2[C@H]1CO. The van der Waals surface area contributed by atoms with Crippen LogP contribution in [0, 0.1) is 17.8 Å². The van der Waals surface area contributed by atoms with Gasteiger partial charge in [0, 0.05) is 13.0 Å². The van der Waals surface area contributed by atoms with Gasteiger partial charge in [-0.25, -0.2) is 4.90 Å². The molecule has 1 aliphatic heterocycles. The van der Waals surface area contributed by atoms with E-state index in [0.717, 1.165) is 12.0 Å². The first-order valence-corrected chi connectivity index (χ1v) is 14.7. The minimum atomic E-state index is -5.20. The third kappa shape index (κ3) is 7.40. The van der Waals surface area contributed by atoms with Gasteiger partial charge < -0.3 is 24.5 Å². The topological polar surface area (TPSA) is 120 Å². The van der Waals surface area contributed by atoms with Crippen LogP contribution in [0.2, 0.25) is 0 Å². The molecule has 2 amide bonds. The van der Waals surface area contributed by atoms with E-state index in [0.29, 0.717) is 47.0 Å². The van der Waals surface area contributed by atoms with Crippen LogP contribution in [0.3, 0.4) is 0 Å². The van der Waals surface area contributed by atoms with Crippen molar-refractivity contribution in [3.8, 4) is 0 Å². The van der Waals surface area contributed by atoms with E-state index in [1.165, 1.54) is 7.11 Å². The van der Waals surface area contributed by atoms with Gasteiger partial charge in [-0.3, -0.25) is 9.59 Å². The van der Waals surface area contributed by atoms with E-state index in [9.17, 15) is 51.3 Å². The number of allylic oxidation sites excluding steroid dienone is 1. The Hall–Kier alpha value is -3.46. The number of alkyl halides is 6. The maximum atomic E-state index is 13.7. The Morgan fingerprint density at radius 2 is 1.70 bits per heavy atom. The number of aliphatic hydroxyl groups is 3. The lowest BCUT2D eigenvalue weighted by atomic mass is 9.68. The number of anilines is 1. The van der Waals surface area contributed by atoms with Crippen molar-refractivity contribution in [3.05, 3.63) is 69.7 Å². The third-order valence-electron chi connectivity index (χ3n) is 8.38. The molecule has 8 nitrogen and oxygen atoms in total. The molecule has 0 saturated carbocycles. The summed E-state index contributed by atoms with van der Waals surface area (Å²) in [6, 6.07) is 3.86. The molecule has 0 bridgehead atoms. The Kier molecular flexibility index (Phi) is 10.9. The average Bonchev–Trinajstić information content (AvgIpc) is 3.55. The zero-order valence-corrected chi connectivity index (χ0v) is 25.1. The number of aliphatic hydroxyl groups excluding tert-OH is 3. The second kappa shape index (κ2) is 14.1. The van der Waals surface area contributed by atoms with E-state index in [2.05, 4.69) is 0 Å². The number of hydrogen-bond acceptors (Lipinski definition) is 7. The maximum absolute atomic E-state index is 13.7. The van der Waals surface area contributed by atoms with Crippen molar-refractivity contribution in [2.45, 2.75) is 64.1 Å². The Morgan fingerprint density at radius 3 is 2.22 bits per heavy atom. The number of carbonyl (C=O) groups is 2. The van der Waals surface area contributed by atoms with Crippen LogP contribution in [0.1, 0.15) is 61.7 Å². The van der Waals surface area contributed by atoms with Crippen LogP contribution in [-0.2, 0) is 33.3 Å². The Balaban J connectivity index is 1.67. The van der Waals surface area contributed by atoms with Crippen molar-refractivity contribution >= 4 is 23.6 Å². The van der Waals surface area contributed by atoms with Crippen LogP contribution in [0.4, 0.5) is 32.0 Å². The fourth-order valence-electron chi connectivity index (χ4n) is 6.41. The molecule has 1 aliphatic carbocycles. The summed E-state index contributed by atoms with van der Waals surface area (Å²) >= 11 is 0. The summed E-state index contributed by atoms with van der Waals surface area (Å²) in [5.41, 5.74) is -2.66. The Morgan fingerprint density at radius 1 is 1.04 bits per heavy atom. The van der Waals surface area contributed by atoms with Crippen LogP contribution >= 0.6 is 0 Å². The van der Waals surface area contributed by atoms with Crippen LogP contribution in [0.15, 0.2) is 51.5 Å². The first-order valence-electron chi connectivity index (χ1n) is 14.7. The molecular formula is C32H35F6NO7. The number of imide groups is 1. The van der Waals surface area contributed by atoms with Gasteiger partial charge in [-0.1, -0.05) is 18.9 Å². The molecule has 46 heavy (non-hydrogen) atoms. The fraction of sp³-hybridized carbons (Fsp3) is 0.500. The van der Waals surface area contributed by atoms with Crippen molar-refractivity contribution in [1.29, 1.82) is 0 Å². The number of benzene rings is 1. The summed E-state index contributed by atoms with van der Waals surface area (Å²) in [4.78, 5) is 27.6. The molecule has 3 N–H and O–H groups in total. The highest BCUT2D eigenvalue weighted by molar-refractivity contribution is 6.22. The standard InChI is InChI=1S/C32H35F6NO7/c1-3-4-17(9-22-6-7-23(14-40)46-22)5-8-26(42)27-18(16-45-2)10-24-28(25(27)15-41)30(44)39(29(24)43)21-12-19(31(33,34)35)11-20(13-21)32(36,37)38/h6-7,9,11-13,24-26,28,40-42H,3-5,8,10,14-16H2,1-2H3/b17-9+/t24-,25+,26-,28-/m1/s1. The number of fused-ring (bicyclic) bond motifs is 1. The number of methoxy groups -OCH3 is 1. The van der Waals surface area contributed by atoms with Gasteiger partial charge in [-0.05, 0) is 73.2 Å². The van der Waals surface area contributed by atoms with E-state index in [1.54, 1.807) is 18.2 Å². The number of hydrogen-bond donors (Lipinski definition) is 3. The molecule has 2 heterocycles. The van der Waals surface area contributed by atoms with Crippen LogP contribution < -0.4 is 4.90 Å². The molecule has 4 atom stereocenters. The molecule has 0 radical (unpaired) electrons. The lowest BCUT2D eigenvalue weighted by Crippen LogP contribution is -2.39. The molecule has 1 saturated heterocycles. The number of carbonyl (C=O) groups excluding carboxylic acids is 2. The van der Waals surface area contributed by atoms with Gasteiger partial charge in [0.15, 0.2) is 0 Å². The Bertz CT molecular complexity index is 1460. The van der Waals surface area contributed by atoms with Gasteiger partial charge in [-0.15, -0.1) is 0 Å². The summed E-state index contributed by atoms with van der Waals surface area (Å²) in [5.74, 6) is -4.87. The van der Waals surface area contributed by atoms with Crippen molar-refractivity contribution in [2.75, 3.05) is 25.2 Å². The molecule has 2 aromatic rings. The number of ether oxygens (including phenoxy) is 1. The highest BCUT2D eigenvalue weighted by Gasteiger charge is 2.55. The summed E-state index contributed by atoms with van der Waals surface area (Å²) in [5, 5.41) is 31.2. The molecule has 1 fully saturated rings. The fourth-order valence-corrected chi connectivity index (χ4v) is 6.41. The summed E-state index contributed by atoms with van der Waals surface area (Å²) in [6.45, 7) is 0.873. The molecule has 0 unspecified atom stereocenters.